The molecule has 1 heterocycles. The van der Waals surface area contributed by atoms with E-state index in [1.54, 1.807) is 6.20 Å². The highest BCUT2D eigenvalue weighted by molar-refractivity contribution is 5.75. The molecule has 0 bridgehead atoms. The highest BCUT2D eigenvalue weighted by Crippen LogP contribution is 2.24. The predicted octanol–water partition coefficient (Wildman–Crippen LogP) is 3.90. The van der Waals surface area contributed by atoms with Gasteiger partial charge in [-0.1, -0.05) is 39.0 Å². The molecule has 4 heteroatoms. The van der Waals surface area contributed by atoms with Crippen LogP contribution in [-0.4, -0.2) is 24.0 Å². The summed E-state index contributed by atoms with van der Waals surface area (Å²) in [6, 6.07) is 14.0. The fraction of sp³-hybridized carbons (Fsp3) is 0.429. The van der Waals surface area contributed by atoms with Crippen LogP contribution in [0.2, 0.25) is 0 Å². The number of nitrogens with one attached hydrogen (secondary N) is 1. The first kappa shape index (κ1) is 19.0. The molecule has 0 saturated heterocycles. The lowest BCUT2D eigenvalue weighted by atomic mass is 9.87. The van der Waals surface area contributed by atoms with E-state index in [2.05, 4.69) is 43.2 Å². The molecular weight excluding hydrogens is 312 g/mol. The molecule has 0 fully saturated rings. The van der Waals surface area contributed by atoms with Crippen molar-refractivity contribution < 1.29 is 9.53 Å². The van der Waals surface area contributed by atoms with Gasteiger partial charge in [0.15, 0.2) is 0 Å². The first-order chi connectivity index (χ1) is 11.9. The number of carbonyl (C=O) groups excluding carboxylic acids is 1. The summed E-state index contributed by atoms with van der Waals surface area (Å²) in [6.07, 6.45) is 3.70. The number of carbonyl (C=O) groups is 1. The van der Waals surface area contributed by atoms with Crippen LogP contribution in [0.25, 0.3) is 0 Å². The van der Waals surface area contributed by atoms with Gasteiger partial charge in [-0.2, -0.15) is 0 Å². The van der Waals surface area contributed by atoms with Gasteiger partial charge in [0, 0.05) is 31.3 Å². The van der Waals surface area contributed by atoms with E-state index in [-0.39, 0.29) is 11.3 Å². The van der Waals surface area contributed by atoms with Crippen molar-refractivity contribution in [1.82, 2.24) is 10.3 Å². The van der Waals surface area contributed by atoms with Crippen molar-refractivity contribution in [2.24, 2.45) is 0 Å². The molecule has 0 aliphatic carbocycles. The number of hydrogen-bond acceptors (Lipinski definition) is 3. The number of aromatic nitrogens is 1. The lowest BCUT2D eigenvalue weighted by Crippen LogP contribution is -2.26. The van der Waals surface area contributed by atoms with Crippen LogP contribution in [0.4, 0.5) is 0 Å². The number of nitrogens with zero attached hydrogens (tertiary/aromatic N) is 1. The number of rotatable bonds is 8. The normalized spacial score (nSPS) is 11.2. The maximum absolute atomic E-state index is 11.8. The number of amides is 1. The highest BCUT2D eigenvalue weighted by atomic mass is 16.5. The number of benzene rings is 1. The van der Waals surface area contributed by atoms with E-state index >= 15 is 0 Å². The minimum Gasteiger partial charge on any atom is -0.494 e. The van der Waals surface area contributed by atoms with Crippen molar-refractivity contribution in [1.29, 1.82) is 0 Å². The van der Waals surface area contributed by atoms with Crippen LogP contribution in [0.5, 0.6) is 5.75 Å². The number of hydrogen-bond donors (Lipinski definition) is 1. The van der Waals surface area contributed by atoms with Gasteiger partial charge in [-0.05, 0) is 41.7 Å². The lowest BCUT2D eigenvalue weighted by Gasteiger charge is -2.19. The Morgan fingerprint density at radius 2 is 1.88 bits per heavy atom. The van der Waals surface area contributed by atoms with Crippen molar-refractivity contribution in [3.8, 4) is 5.75 Å². The summed E-state index contributed by atoms with van der Waals surface area (Å²) >= 11 is 0. The summed E-state index contributed by atoms with van der Waals surface area (Å²) in [6.45, 7) is 7.73. The molecule has 2 aromatic rings. The maximum Gasteiger partial charge on any atom is 0.220 e. The summed E-state index contributed by atoms with van der Waals surface area (Å²) in [4.78, 5) is 16.0. The fourth-order valence-electron chi connectivity index (χ4n) is 2.44. The van der Waals surface area contributed by atoms with Crippen LogP contribution in [0, 0.1) is 0 Å². The first-order valence-corrected chi connectivity index (χ1v) is 8.85. The second-order valence-corrected chi connectivity index (χ2v) is 7.15. The molecule has 1 amide bonds. The van der Waals surface area contributed by atoms with E-state index < -0.39 is 0 Å². The Morgan fingerprint density at radius 3 is 2.52 bits per heavy atom. The Morgan fingerprint density at radius 1 is 1.12 bits per heavy atom. The van der Waals surface area contributed by atoms with Crippen LogP contribution in [-0.2, 0) is 16.6 Å². The summed E-state index contributed by atoms with van der Waals surface area (Å²) < 4.78 is 5.71. The topological polar surface area (TPSA) is 51.2 Å². The van der Waals surface area contributed by atoms with Crippen molar-refractivity contribution in [3.05, 3.63) is 59.9 Å². The molecular formula is C21H28N2O2. The van der Waals surface area contributed by atoms with Gasteiger partial charge in [0.2, 0.25) is 5.91 Å². The van der Waals surface area contributed by atoms with E-state index in [9.17, 15) is 4.79 Å². The van der Waals surface area contributed by atoms with E-state index in [0.29, 0.717) is 26.0 Å². The van der Waals surface area contributed by atoms with Crippen molar-refractivity contribution in [2.45, 2.75) is 45.4 Å². The van der Waals surface area contributed by atoms with Gasteiger partial charge in [-0.15, -0.1) is 0 Å². The van der Waals surface area contributed by atoms with Gasteiger partial charge in [0.1, 0.15) is 5.75 Å². The quantitative estimate of drug-likeness (QED) is 0.742. The Hall–Kier alpha value is -2.36. The van der Waals surface area contributed by atoms with Crippen LogP contribution in [0.1, 0.15) is 44.9 Å². The van der Waals surface area contributed by atoms with E-state index in [4.69, 9.17) is 4.74 Å². The Labute approximate surface area is 150 Å². The van der Waals surface area contributed by atoms with Crippen molar-refractivity contribution >= 4 is 5.91 Å². The molecule has 0 saturated carbocycles. The largest absolute Gasteiger partial charge is 0.494 e. The van der Waals surface area contributed by atoms with E-state index in [1.165, 1.54) is 5.56 Å². The lowest BCUT2D eigenvalue weighted by molar-refractivity contribution is -0.121. The van der Waals surface area contributed by atoms with Gasteiger partial charge >= 0.3 is 0 Å². The predicted molar refractivity (Wildman–Crippen MR) is 101 cm³/mol. The molecule has 4 nitrogen and oxygen atoms in total. The third-order valence-electron chi connectivity index (χ3n) is 3.97. The standard InChI is InChI=1S/C21H28N2O2/c1-21(2,3)17-9-11-19(12-10-17)25-16-6-8-20(24)23-15-13-18-7-4-5-14-22-18/h4-5,7,9-12,14H,6,8,13,15-16H2,1-3H3,(H,23,24). The Bertz CT molecular complexity index is 646. The van der Waals surface area contributed by atoms with Crippen LogP contribution < -0.4 is 10.1 Å². The third-order valence-corrected chi connectivity index (χ3v) is 3.97. The second kappa shape index (κ2) is 9.21. The minimum atomic E-state index is 0.0580. The minimum absolute atomic E-state index is 0.0580. The van der Waals surface area contributed by atoms with E-state index in [0.717, 1.165) is 17.9 Å². The van der Waals surface area contributed by atoms with Crippen LogP contribution in [0.15, 0.2) is 48.7 Å². The van der Waals surface area contributed by atoms with Gasteiger partial charge in [0.25, 0.3) is 0 Å². The molecule has 1 aromatic heterocycles. The van der Waals surface area contributed by atoms with Crippen LogP contribution >= 0.6 is 0 Å². The molecule has 0 unspecified atom stereocenters. The second-order valence-electron chi connectivity index (χ2n) is 7.15. The molecule has 0 spiro atoms. The molecule has 0 atom stereocenters. The van der Waals surface area contributed by atoms with Gasteiger partial charge < -0.3 is 10.1 Å². The molecule has 2 rings (SSSR count). The highest BCUT2D eigenvalue weighted by Gasteiger charge is 2.12. The molecule has 25 heavy (non-hydrogen) atoms. The third kappa shape index (κ3) is 6.96. The fourth-order valence-corrected chi connectivity index (χ4v) is 2.44. The smallest absolute Gasteiger partial charge is 0.220 e. The molecule has 134 valence electrons. The summed E-state index contributed by atoms with van der Waals surface area (Å²) in [5.41, 5.74) is 2.42. The zero-order chi connectivity index (χ0) is 18.1. The Kier molecular flexibility index (Phi) is 6.99. The molecule has 0 radical (unpaired) electrons. The molecule has 1 N–H and O–H groups in total. The van der Waals surface area contributed by atoms with E-state index in [1.807, 2.05) is 30.3 Å². The Balaban J connectivity index is 1.60. The number of ether oxygens (including phenoxy) is 1. The van der Waals surface area contributed by atoms with Gasteiger partial charge in [0.05, 0.1) is 6.61 Å². The van der Waals surface area contributed by atoms with Gasteiger partial charge in [-0.25, -0.2) is 0 Å². The monoisotopic (exact) mass is 340 g/mol. The van der Waals surface area contributed by atoms with Crippen LogP contribution in [0.3, 0.4) is 0 Å². The number of pyridine rings is 1. The summed E-state index contributed by atoms with van der Waals surface area (Å²) in [5.74, 6) is 0.908. The maximum atomic E-state index is 11.8. The average molecular weight is 340 g/mol. The zero-order valence-electron chi connectivity index (χ0n) is 15.4. The molecule has 1 aromatic carbocycles. The zero-order valence-corrected chi connectivity index (χ0v) is 15.4. The van der Waals surface area contributed by atoms with Gasteiger partial charge in [-0.3, -0.25) is 9.78 Å². The first-order valence-electron chi connectivity index (χ1n) is 8.85. The average Bonchev–Trinajstić information content (AvgIpc) is 2.59. The summed E-state index contributed by atoms with van der Waals surface area (Å²) in [5, 5.41) is 2.92. The van der Waals surface area contributed by atoms with Crippen molar-refractivity contribution in [2.75, 3.05) is 13.2 Å². The SMILES string of the molecule is CC(C)(C)c1ccc(OCCCC(=O)NCCc2ccccn2)cc1. The van der Waals surface area contributed by atoms with Crippen molar-refractivity contribution in [3.63, 3.8) is 0 Å². The molecule has 0 aliphatic heterocycles. The summed E-state index contributed by atoms with van der Waals surface area (Å²) in [7, 11) is 0. The molecule has 0 aliphatic rings.